The molecule has 31 heavy (non-hydrogen) atoms. The maximum atomic E-state index is 4.76. The fourth-order valence-corrected chi connectivity index (χ4v) is 3.95. The van der Waals surface area contributed by atoms with E-state index in [1.807, 2.05) is 24.6 Å². The Balaban J connectivity index is 1.54. The van der Waals surface area contributed by atoms with Gasteiger partial charge in [0.05, 0.1) is 0 Å². The predicted molar refractivity (Wildman–Crippen MR) is 130 cm³/mol. The Morgan fingerprint density at radius 3 is 2.68 bits per heavy atom. The Hall–Kier alpha value is -2.87. The molecule has 0 saturated heterocycles. The maximum absolute atomic E-state index is 4.76. The van der Waals surface area contributed by atoms with E-state index in [0.29, 0.717) is 12.5 Å². The molecule has 0 aliphatic heterocycles. The standard InChI is InChI=1S/C23H33N7S/c1-18(20-11-14-31-17-20)15-25-23(26-16-22-28-27-19(2)30(22)4)24-12-8-13-29(3)21-9-6-5-7-10-21/h5-7,9-11,14,17-18H,8,12-13,15-16H2,1-4H3,(H2,24,25,26). The van der Waals surface area contributed by atoms with Crippen molar-refractivity contribution in [1.29, 1.82) is 0 Å². The highest BCUT2D eigenvalue weighted by molar-refractivity contribution is 7.07. The van der Waals surface area contributed by atoms with Crippen molar-refractivity contribution in [3.63, 3.8) is 0 Å². The molecule has 3 aromatic rings. The maximum Gasteiger partial charge on any atom is 0.191 e. The average Bonchev–Trinajstić information content (AvgIpc) is 3.44. The SMILES string of the molecule is Cc1nnc(CN=C(NCCCN(C)c2ccccc2)NCC(C)c2ccsc2)n1C. The van der Waals surface area contributed by atoms with Crippen LogP contribution in [0.4, 0.5) is 5.69 Å². The number of hydrogen-bond donors (Lipinski definition) is 2. The lowest BCUT2D eigenvalue weighted by molar-refractivity contribution is 0.680. The van der Waals surface area contributed by atoms with Crippen molar-refractivity contribution in [2.45, 2.75) is 32.7 Å². The second-order valence-electron chi connectivity index (χ2n) is 7.76. The van der Waals surface area contributed by atoms with Gasteiger partial charge < -0.3 is 20.1 Å². The highest BCUT2D eigenvalue weighted by Crippen LogP contribution is 2.17. The summed E-state index contributed by atoms with van der Waals surface area (Å²) in [6.07, 6.45) is 1.01. The summed E-state index contributed by atoms with van der Waals surface area (Å²) in [7, 11) is 4.10. The van der Waals surface area contributed by atoms with Crippen molar-refractivity contribution >= 4 is 23.0 Å². The summed E-state index contributed by atoms with van der Waals surface area (Å²) in [4.78, 5) is 7.03. The monoisotopic (exact) mass is 439 g/mol. The Morgan fingerprint density at radius 2 is 2.00 bits per heavy atom. The molecule has 0 fully saturated rings. The molecule has 2 aromatic heterocycles. The third-order valence-corrected chi connectivity index (χ3v) is 6.11. The summed E-state index contributed by atoms with van der Waals surface area (Å²) in [5.41, 5.74) is 2.59. The van der Waals surface area contributed by atoms with E-state index in [9.17, 15) is 0 Å². The van der Waals surface area contributed by atoms with E-state index in [-0.39, 0.29) is 0 Å². The van der Waals surface area contributed by atoms with E-state index in [1.54, 1.807) is 11.3 Å². The van der Waals surface area contributed by atoms with Gasteiger partial charge in [-0.3, -0.25) is 0 Å². The lowest BCUT2D eigenvalue weighted by Crippen LogP contribution is -2.40. The molecular formula is C23H33N7S. The zero-order valence-electron chi connectivity index (χ0n) is 18.9. The van der Waals surface area contributed by atoms with Crippen molar-refractivity contribution in [3.8, 4) is 0 Å². The summed E-state index contributed by atoms with van der Waals surface area (Å²) in [6, 6.07) is 12.6. The third kappa shape index (κ3) is 6.82. The summed E-state index contributed by atoms with van der Waals surface area (Å²) in [5, 5.41) is 19.7. The van der Waals surface area contributed by atoms with Crippen molar-refractivity contribution in [1.82, 2.24) is 25.4 Å². The second-order valence-corrected chi connectivity index (χ2v) is 8.54. The lowest BCUT2D eigenvalue weighted by Gasteiger charge is -2.20. The van der Waals surface area contributed by atoms with E-state index < -0.39 is 0 Å². The van der Waals surface area contributed by atoms with Gasteiger partial charge in [0.2, 0.25) is 0 Å². The number of thiophene rings is 1. The zero-order chi connectivity index (χ0) is 22.1. The Kier molecular flexibility index (Phi) is 8.46. The number of nitrogens with zero attached hydrogens (tertiary/aromatic N) is 5. The molecule has 1 unspecified atom stereocenters. The summed E-state index contributed by atoms with van der Waals surface area (Å²) in [6.45, 7) is 7.30. The molecule has 0 saturated carbocycles. The van der Waals surface area contributed by atoms with Crippen LogP contribution in [0.3, 0.4) is 0 Å². The van der Waals surface area contributed by atoms with Gasteiger partial charge in [0, 0.05) is 39.4 Å². The highest BCUT2D eigenvalue weighted by atomic mass is 32.1. The molecule has 1 aromatic carbocycles. The summed E-state index contributed by atoms with van der Waals surface area (Å²) in [5.74, 6) is 2.97. The van der Waals surface area contributed by atoms with Crippen molar-refractivity contribution in [2.24, 2.45) is 12.0 Å². The van der Waals surface area contributed by atoms with Crippen LogP contribution in [-0.2, 0) is 13.6 Å². The van der Waals surface area contributed by atoms with Gasteiger partial charge in [0.25, 0.3) is 0 Å². The van der Waals surface area contributed by atoms with Gasteiger partial charge in [-0.05, 0) is 53.8 Å². The fourth-order valence-electron chi connectivity index (χ4n) is 3.17. The van der Waals surface area contributed by atoms with Gasteiger partial charge in [0.15, 0.2) is 11.8 Å². The van der Waals surface area contributed by atoms with Crippen LogP contribution < -0.4 is 15.5 Å². The lowest BCUT2D eigenvalue weighted by atomic mass is 10.1. The number of guanidine groups is 1. The summed E-state index contributed by atoms with van der Waals surface area (Å²) < 4.78 is 1.98. The average molecular weight is 440 g/mol. The van der Waals surface area contributed by atoms with Gasteiger partial charge in [0.1, 0.15) is 12.4 Å². The van der Waals surface area contributed by atoms with Gasteiger partial charge >= 0.3 is 0 Å². The highest BCUT2D eigenvalue weighted by Gasteiger charge is 2.09. The first-order valence-corrected chi connectivity index (χ1v) is 11.6. The predicted octanol–water partition coefficient (Wildman–Crippen LogP) is 3.55. The molecule has 1 atom stereocenters. The Bertz CT molecular complexity index is 934. The van der Waals surface area contributed by atoms with Crippen LogP contribution >= 0.6 is 11.3 Å². The first kappa shape index (κ1) is 22.8. The van der Waals surface area contributed by atoms with Crippen LogP contribution in [0.1, 0.15) is 36.5 Å². The van der Waals surface area contributed by atoms with E-state index in [2.05, 4.69) is 80.8 Å². The molecule has 3 rings (SSSR count). The molecule has 0 amide bonds. The number of aromatic nitrogens is 3. The van der Waals surface area contributed by atoms with Gasteiger partial charge in [-0.2, -0.15) is 11.3 Å². The number of anilines is 1. The van der Waals surface area contributed by atoms with Crippen LogP contribution in [-0.4, -0.2) is 47.4 Å². The molecule has 166 valence electrons. The van der Waals surface area contributed by atoms with Crippen molar-refractivity contribution in [3.05, 3.63) is 64.4 Å². The number of benzene rings is 1. The van der Waals surface area contributed by atoms with Gasteiger partial charge in [-0.1, -0.05) is 25.1 Å². The van der Waals surface area contributed by atoms with Crippen molar-refractivity contribution in [2.75, 3.05) is 31.6 Å². The number of nitrogens with one attached hydrogen (secondary N) is 2. The van der Waals surface area contributed by atoms with E-state index in [0.717, 1.165) is 43.7 Å². The summed E-state index contributed by atoms with van der Waals surface area (Å²) >= 11 is 1.74. The van der Waals surface area contributed by atoms with Gasteiger partial charge in [-0.15, -0.1) is 10.2 Å². The van der Waals surface area contributed by atoms with Crippen LogP contribution in [0.25, 0.3) is 0 Å². The topological polar surface area (TPSA) is 70.4 Å². The number of rotatable bonds is 10. The fraction of sp³-hybridized carbons (Fsp3) is 0.435. The number of hydrogen-bond acceptors (Lipinski definition) is 5. The van der Waals surface area contributed by atoms with Gasteiger partial charge in [-0.25, -0.2) is 4.99 Å². The Morgan fingerprint density at radius 1 is 1.19 bits per heavy atom. The molecule has 2 heterocycles. The molecule has 8 heteroatoms. The van der Waals surface area contributed by atoms with Crippen LogP contribution in [0, 0.1) is 6.92 Å². The molecular weight excluding hydrogens is 406 g/mol. The van der Waals surface area contributed by atoms with E-state index in [4.69, 9.17) is 4.99 Å². The molecule has 0 aliphatic rings. The van der Waals surface area contributed by atoms with Crippen LogP contribution in [0.5, 0.6) is 0 Å². The minimum atomic E-state index is 0.416. The quantitative estimate of drug-likeness (QED) is 0.287. The molecule has 7 nitrogen and oxygen atoms in total. The number of para-hydroxylation sites is 1. The largest absolute Gasteiger partial charge is 0.375 e. The first-order valence-electron chi connectivity index (χ1n) is 10.7. The molecule has 0 spiro atoms. The molecule has 0 bridgehead atoms. The normalized spacial score (nSPS) is 12.6. The minimum Gasteiger partial charge on any atom is -0.375 e. The smallest absolute Gasteiger partial charge is 0.191 e. The van der Waals surface area contributed by atoms with Crippen LogP contribution in [0.15, 0.2) is 52.2 Å². The third-order valence-electron chi connectivity index (χ3n) is 5.41. The first-order chi connectivity index (χ1) is 15.0. The zero-order valence-corrected chi connectivity index (χ0v) is 19.7. The number of aliphatic imine (C=N–C) groups is 1. The van der Waals surface area contributed by atoms with E-state index in [1.165, 1.54) is 11.3 Å². The van der Waals surface area contributed by atoms with E-state index >= 15 is 0 Å². The van der Waals surface area contributed by atoms with Crippen LogP contribution in [0.2, 0.25) is 0 Å². The minimum absolute atomic E-state index is 0.416. The molecule has 0 aliphatic carbocycles. The molecule has 2 N–H and O–H groups in total. The molecule has 0 radical (unpaired) electrons. The Labute approximate surface area is 189 Å². The second kappa shape index (κ2) is 11.5. The number of aryl methyl sites for hydroxylation is 1. The van der Waals surface area contributed by atoms with Crippen molar-refractivity contribution < 1.29 is 0 Å².